The van der Waals surface area contributed by atoms with Crippen molar-refractivity contribution in [3.8, 4) is 23.0 Å². The molecule has 144 valence electrons. The number of benzene rings is 1. The standard InChI is InChI=1S/C19H16N8O2/c1-3-14-23-19-22-13-8-9-26(18-20-10-21-24-18)17(28)15(13)16(27(19)25-14)11-4-6-12(29-2)7-5-11/h4-10H,3H2,1-2H3,(H,20,21,24). The van der Waals surface area contributed by atoms with Crippen LogP contribution in [0.1, 0.15) is 12.7 Å². The molecule has 10 nitrogen and oxygen atoms in total. The third-order valence-corrected chi connectivity index (χ3v) is 4.68. The summed E-state index contributed by atoms with van der Waals surface area (Å²) >= 11 is 0. The van der Waals surface area contributed by atoms with E-state index in [9.17, 15) is 4.79 Å². The summed E-state index contributed by atoms with van der Waals surface area (Å²) in [6.45, 7) is 1.97. The van der Waals surface area contributed by atoms with Gasteiger partial charge in [0.25, 0.3) is 11.3 Å². The van der Waals surface area contributed by atoms with E-state index >= 15 is 0 Å². The number of ether oxygens (including phenoxy) is 1. The maximum atomic E-state index is 13.4. The van der Waals surface area contributed by atoms with Crippen molar-refractivity contribution in [3.05, 3.63) is 59.0 Å². The monoisotopic (exact) mass is 388 g/mol. The molecule has 0 aliphatic rings. The van der Waals surface area contributed by atoms with Gasteiger partial charge in [-0.2, -0.15) is 19.6 Å². The number of aromatic nitrogens is 8. The maximum absolute atomic E-state index is 13.4. The first-order valence-corrected chi connectivity index (χ1v) is 9.00. The lowest BCUT2D eigenvalue weighted by Crippen LogP contribution is -2.21. The Morgan fingerprint density at radius 3 is 2.66 bits per heavy atom. The lowest BCUT2D eigenvalue weighted by molar-refractivity contribution is 0.415. The number of H-pyrrole nitrogens is 1. The van der Waals surface area contributed by atoms with Gasteiger partial charge in [0, 0.05) is 18.2 Å². The summed E-state index contributed by atoms with van der Waals surface area (Å²) in [7, 11) is 1.61. The third-order valence-electron chi connectivity index (χ3n) is 4.68. The number of pyridine rings is 1. The fourth-order valence-electron chi connectivity index (χ4n) is 3.27. The van der Waals surface area contributed by atoms with Gasteiger partial charge in [-0.3, -0.25) is 9.36 Å². The Hall–Kier alpha value is -4.08. The highest BCUT2D eigenvalue weighted by molar-refractivity contribution is 5.93. The topological polar surface area (TPSA) is 116 Å². The summed E-state index contributed by atoms with van der Waals surface area (Å²) in [5.74, 6) is 2.14. The average molecular weight is 388 g/mol. The van der Waals surface area contributed by atoms with Crippen molar-refractivity contribution in [1.82, 2.24) is 39.3 Å². The number of nitrogens with zero attached hydrogens (tertiary/aromatic N) is 7. The minimum absolute atomic E-state index is 0.284. The molecule has 0 amide bonds. The zero-order valence-electron chi connectivity index (χ0n) is 15.7. The Morgan fingerprint density at radius 2 is 1.97 bits per heavy atom. The predicted molar refractivity (Wildman–Crippen MR) is 105 cm³/mol. The molecule has 1 N–H and O–H groups in total. The Morgan fingerprint density at radius 1 is 1.14 bits per heavy atom. The Labute approximate surface area is 163 Å². The molecule has 0 aliphatic carbocycles. The van der Waals surface area contributed by atoms with E-state index in [1.54, 1.807) is 23.9 Å². The van der Waals surface area contributed by atoms with Crippen LogP contribution >= 0.6 is 0 Å². The van der Waals surface area contributed by atoms with Gasteiger partial charge >= 0.3 is 0 Å². The second kappa shape index (κ2) is 6.51. The van der Waals surface area contributed by atoms with Crippen molar-refractivity contribution in [1.29, 1.82) is 0 Å². The normalized spacial score (nSPS) is 11.4. The van der Waals surface area contributed by atoms with Crippen molar-refractivity contribution in [2.24, 2.45) is 0 Å². The summed E-state index contributed by atoms with van der Waals surface area (Å²) in [6.07, 6.45) is 3.62. The molecule has 4 aromatic heterocycles. The summed E-state index contributed by atoms with van der Waals surface area (Å²) in [6, 6.07) is 9.19. The first-order valence-electron chi connectivity index (χ1n) is 9.00. The van der Waals surface area contributed by atoms with E-state index in [1.807, 2.05) is 31.2 Å². The number of nitrogens with one attached hydrogen (secondary N) is 1. The minimum atomic E-state index is -0.284. The molecule has 0 atom stereocenters. The summed E-state index contributed by atoms with van der Waals surface area (Å²) in [5, 5.41) is 11.5. The highest BCUT2D eigenvalue weighted by Gasteiger charge is 2.19. The van der Waals surface area contributed by atoms with E-state index in [2.05, 4.69) is 30.2 Å². The molecule has 1 aromatic carbocycles. The van der Waals surface area contributed by atoms with Crippen LogP contribution in [0.5, 0.6) is 5.75 Å². The molecule has 4 heterocycles. The number of fused-ring (bicyclic) bond motifs is 2. The zero-order chi connectivity index (χ0) is 20.0. The molecule has 0 saturated heterocycles. The lowest BCUT2D eigenvalue weighted by Gasteiger charge is -2.10. The minimum Gasteiger partial charge on any atom is -0.497 e. The van der Waals surface area contributed by atoms with E-state index < -0.39 is 0 Å². The number of aryl methyl sites for hydroxylation is 1. The van der Waals surface area contributed by atoms with Gasteiger partial charge in [-0.05, 0) is 30.3 Å². The van der Waals surface area contributed by atoms with Crippen LogP contribution in [-0.4, -0.2) is 46.4 Å². The van der Waals surface area contributed by atoms with Gasteiger partial charge in [-0.25, -0.2) is 10.1 Å². The van der Waals surface area contributed by atoms with Gasteiger partial charge in [0.2, 0.25) is 5.95 Å². The highest BCUT2D eigenvalue weighted by atomic mass is 16.5. The van der Waals surface area contributed by atoms with E-state index in [0.29, 0.717) is 40.6 Å². The summed E-state index contributed by atoms with van der Waals surface area (Å²) in [4.78, 5) is 26.5. The van der Waals surface area contributed by atoms with Crippen LogP contribution < -0.4 is 10.3 Å². The number of aromatic amines is 1. The predicted octanol–water partition coefficient (Wildman–Crippen LogP) is 1.78. The second-order valence-corrected chi connectivity index (χ2v) is 6.34. The second-order valence-electron chi connectivity index (χ2n) is 6.34. The van der Waals surface area contributed by atoms with E-state index in [1.165, 1.54) is 10.9 Å². The molecule has 0 radical (unpaired) electrons. The van der Waals surface area contributed by atoms with Crippen molar-refractivity contribution < 1.29 is 4.74 Å². The molecule has 0 fully saturated rings. The van der Waals surface area contributed by atoms with Gasteiger partial charge in [0.05, 0.1) is 23.7 Å². The quantitative estimate of drug-likeness (QED) is 0.499. The van der Waals surface area contributed by atoms with Gasteiger partial charge in [-0.15, -0.1) is 5.10 Å². The van der Waals surface area contributed by atoms with E-state index in [4.69, 9.17) is 4.74 Å². The van der Waals surface area contributed by atoms with E-state index in [-0.39, 0.29) is 5.56 Å². The Balaban J connectivity index is 1.91. The smallest absolute Gasteiger partial charge is 0.269 e. The molecule has 0 saturated carbocycles. The molecule has 0 aliphatic heterocycles. The number of rotatable bonds is 4. The lowest BCUT2D eigenvalue weighted by atomic mass is 10.1. The fraction of sp³-hybridized carbons (Fsp3) is 0.158. The van der Waals surface area contributed by atoms with Crippen LogP contribution in [-0.2, 0) is 6.42 Å². The molecule has 5 aromatic rings. The molecule has 10 heteroatoms. The largest absolute Gasteiger partial charge is 0.497 e. The van der Waals surface area contributed by atoms with Crippen LogP contribution in [0.3, 0.4) is 0 Å². The van der Waals surface area contributed by atoms with Crippen LogP contribution in [0.25, 0.3) is 33.9 Å². The maximum Gasteiger partial charge on any atom is 0.269 e. The Bertz CT molecular complexity index is 1380. The summed E-state index contributed by atoms with van der Waals surface area (Å²) < 4.78 is 8.28. The van der Waals surface area contributed by atoms with Gasteiger partial charge < -0.3 is 4.74 Å². The number of hydrogen-bond donors (Lipinski definition) is 1. The van der Waals surface area contributed by atoms with Crippen LogP contribution in [0.2, 0.25) is 0 Å². The SMILES string of the molecule is CCc1nc2nc3ccn(-c4ncn[nH]4)c(=O)c3c(-c3ccc(OC)cc3)n2n1. The average Bonchev–Trinajstić information content (AvgIpc) is 3.42. The van der Waals surface area contributed by atoms with Gasteiger partial charge in [0.15, 0.2) is 5.82 Å². The van der Waals surface area contributed by atoms with Crippen LogP contribution in [0.15, 0.2) is 47.7 Å². The first kappa shape index (κ1) is 17.0. The molecular weight excluding hydrogens is 372 g/mol. The van der Waals surface area contributed by atoms with Crippen molar-refractivity contribution >= 4 is 16.7 Å². The molecule has 5 rings (SSSR count). The fourth-order valence-corrected chi connectivity index (χ4v) is 3.27. The van der Waals surface area contributed by atoms with Gasteiger partial charge in [0.1, 0.15) is 12.1 Å². The summed E-state index contributed by atoms with van der Waals surface area (Å²) in [5.41, 5.74) is 1.65. The molecular formula is C19H16N8O2. The van der Waals surface area contributed by atoms with Crippen LogP contribution in [0.4, 0.5) is 0 Å². The van der Waals surface area contributed by atoms with Crippen molar-refractivity contribution in [3.63, 3.8) is 0 Å². The van der Waals surface area contributed by atoms with Crippen molar-refractivity contribution in [2.75, 3.05) is 7.11 Å². The molecule has 0 unspecified atom stereocenters. The molecule has 29 heavy (non-hydrogen) atoms. The van der Waals surface area contributed by atoms with Gasteiger partial charge in [-0.1, -0.05) is 6.92 Å². The third kappa shape index (κ3) is 2.64. The molecule has 0 spiro atoms. The zero-order valence-corrected chi connectivity index (χ0v) is 15.7. The van der Waals surface area contributed by atoms with E-state index in [0.717, 1.165) is 11.3 Å². The molecule has 0 bridgehead atoms. The number of hydrogen-bond acceptors (Lipinski definition) is 7. The van der Waals surface area contributed by atoms with Crippen molar-refractivity contribution in [2.45, 2.75) is 13.3 Å². The Kier molecular flexibility index (Phi) is 3.83. The first-order chi connectivity index (χ1) is 14.2. The number of methoxy groups -OCH3 is 1. The van der Waals surface area contributed by atoms with Crippen LogP contribution in [0, 0.1) is 0 Å². The highest BCUT2D eigenvalue weighted by Crippen LogP contribution is 2.28.